The van der Waals surface area contributed by atoms with Crippen LogP contribution in [0.4, 0.5) is 0 Å². The molecule has 38 heavy (non-hydrogen) atoms. The van der Waals surface area contributed by atoms with Crippen molar-refractivity contribution in [1.82, 2.24) is 30.1 Å². The summed E-state index contributed by atoms with van der Waals surface area (Å²) in [6.07, 6.45) is 5.85. The molecule has 2 aromatic heterocycles. The second-order valence-electron chi connectivity index (χ2n) is 10.4. The van der Waals surface area contributed by atoms with Gasteiger partial charge in [0.2, 0.25) is 0 Å². The summed E-state index contributed by atoms with van der Waals surface area (Å²) in [5.41, 5.74) is 10.3. The Kier molecular flexibility index (Phi) is 6.41. The number of hydrogen-bond donors (Lipinski definition) is 2. The van der Waals surface area contributed by atoms with Crippen molar-refractivity contribution < 1.29 is 4.79 Å². The first kappa shape index (κ1) is 24.3. The van der Waals surface area contributed by atoms with Gasteiger partial charge in [0.25, 0.3) is 5.91 Å². The Morgan fingerprint density at radius 1 is 1.13 bits per heavy atom. The Morgan fingerprint density at radius 2 is 1.97 bits per heavy atom. The first-order chi connectivity index (χ1) is 18.5. The first-order valence-corrected chi connectivity index (χ1v) is 13.2. The molecule has 6 rings (SSSR count). The van der Waals surface area contributed by atoms with Crippen molar-refractivity contribution in [3.8, 4) is 22.4 Å². The summed E-state index contributed by atoms with van der Waals surface area (Å²) in [4.78, 5) is 33.9. The number of nitrogens with one attached hydrogen (secondary N) is 2. The average molecular weight is 508 g/mol. The summed E-state index contributed by atoms with van der Waals surface area (Å²) in [6.45, 7) is 7.12. The van der Waals surface area contributed by atoms with E-state index in [2.05, 4.69) is 39.2 Å². The molecule has 2 aromatic carbocycles. The van der Waals surface area contributed by atoms with Crippen LogP contribution >= 0.6 is 0 Å². The molecule has 0 unspecified atom stereocenters. The quantitative estimate of drug-likeness (QED) is 0.411. The molecule has 4 aromatic rings. The molecule has 0 aliphatic carbocycles. The van der Waals surface area contributed by atoms with Crippen molar-refractivity contribution >= 4 is 22.9 Å². The van der Waals surface area contributed by atoms with E-state index in [4.69, 9.17) is 9.97 Å². The number of aryl methyl sites for hydroxylation is 1. The summed E-state index contributed by atoms with van der Waals surface area (Å²) in [5.74, 6) is 1.13. The van der Waals surface area contributed by atoms with E-state index in [1.54, 1.807) is 19.0 Å². The van der Waals surface area contributed by atoms with Crippen LogP contribution in [0.15, 0.2) is 53.8 Å². The number of aromatic amines is 1. The highest BCUT2D eigenvalue weighted by Gasteiger charge is 2.20. The van der Waals surface area contributed by atoms with Crippen LogP contribution in [0.2, 0.25) is 0 Å². The minimum atomic E-state index is -0.0112. The molecule has 0 bridgehead atoms. The second-order valence-corrected chi connectivity index (χ2v) is 10.4. The number of aromatic nitrogens is 3. The van der Waals surface area contributed by atoms with Crippen molar-refractivity contribution in [3.05, 3.63) is 71.0 Å². The van der Waals surface area contributed by atoms with E-state index in [0.717, 1.165) is 84.9 Å². The zero-order valence-electron chi connectivity index (χ0n) is 22.2. The zero-order chi connectivity index (χ0) is 26.2. The van der Waals surface area contributed by atoms with Crippen molar-refractivity contribution in [2.24, 2.45) is 4.99 Å². The Labute approximate surface area is 222 Å². The van der Waals surface area contributed by atoms with E-state index in [1.165, 1.54) is 16.7 Å². The molecule has 194 valence electrons. The lowest BCUT2D eigenvalue weighted by Gasteiger charge is -2.30. The van der Waals surface area contributed by atoms with Gasteiger partial charge in [-0.3, -0.25) is 14.7 Å². The molecule has 0 saturated heterocycles. The molecule has 0 radical (unpaired) electrons. The van der Waals surface area contributed by atoms with E-state index in [1.807, 2.05) is 36.7 Å². The molecule has 2 aliphatic heterocycles. The lowest BCUT2D eigenvalue weighted by molar-refractivity contribution is 0.0827. The fourth-order valence-corrected chi connectivity index (χ4v) is 5.50. The van der Waals surface area contributed by atoms with Gasteiger partial charge in [0.15, 0.2) is 5.65 Å². The van der Waals surface area contributed by atoms with Gasteiger partial charge in [-0.15, -0.1) is 0 Å². The van der Waals surface area contributed by atoms with Crippen LogP contribution in [0, 0.1) is 6.92 Å². The molecule has 4 heterocycles. The standard InChI is InChI=1S/C30H33N7O/c1-19-14-22(15-23-18-37(12-8-24(19)23)13-9-27-31-10-11-32-27)26-17-34-29-28(35-26)25(16-33-29)20-4-6-21(7-5-20)30(38)36(2)3/h4-7,14-17H,8-13,18H2,1-3H3,(H,31,32)(H,33,34). The van der Waals surface area contributed by atoms with Gasteiger partial charge in [-0.1, -0.05) is 12.1 Å². The maximum absolute atomic E-state index is 12.3. The van der Waals surface area contributed by atoms with E-state index in [9.17, 15) is 4.79 Å². The molecule has 0 fully saturated rings. The molecule has 8 nitrogen and oxygen atoms in total. The lowest BCUT2D eigenvalue weighted by Crippen LogP contribution is -2.34. The predicted octanol–water partition coefficient (Wildman–Crippen LogP) is 4.05. The number of amidine groups is 1. The summed E-state index contributed by atoms with van der Waals surface area (Å²) >= 11 is 0. The van der Waals surface area contributed by atoms with Crippen LogP contribution in [0.3, 0.4) is 0 Å². The van der Waals surface area contributed by atoms with E-state index in [-0.39, 0.29) is 5.91 Å². The lowest BCUT2D eigenvalue weighted by atomic mass is 9.92. The topological polar surface area (TPSA) is 89.5 Å². The van der Waals surface area contributed by atoms with Gasteiger partial charge in [-0.25, -0.2) is 9.97 Å². The van der Waals surface area contributed by atoms with Crippen LogP contribution in [0.1, 0.15) is 33.5 Å². The molecule has 0 atom stereocenters. The van der Waals surface area contributed by atoms with Gasteiger partial charge in [0, 0.05) is 69.6 Å². The predicted molar refractivity (Wildman–Crippen MR) is 151 cm³/mol. The highest BCUT2D eigenvalue weighted by molar-refractivity contribution is 5.96. The zero-order valence-corrected chi connectivity index (χ0v) is 22.2. The van der Waals surface area contributed by atoms with Crippen LogP contribution in [0.5, 0.6) is 0 Å². The third-order valence-corrected chi connectivity index (χ3v) is 7.57. The minimum Gasteiger partial charge on any atom is -0.372 e. The molecular weight excluding hydrogens is 474 g/mol. The van der Waals surface area contributed by atoms with Crippen molar-refractivity contribution in [1.29, 1.82) is 0 Å². The van der Waals surface area contributed by atoms with Gasteiger partial charge >= 0.3 is 0 Å². The Balaban J connectivity index is 1.28. The largest absolute Gasteiger partial charge is 0.372 e. The van der Waals surface area contributed by atoms with Gasteiger partial charge in [0.1, 0.15) is 5.52 Å². The highest BCUT2D eigenvalue weighted by Crippen LogP contribution is 2.32. The minimum absolute atomic E-state index is 0.0112. The van der Waals surface area contributed by atoms with Crippen LogP contribution in [-0.2, 0) is 13.0 Å². The molecule has 0 saturated carbocycles. The number of benzene rings is 2. The summed E-state index contributed by atoms with van der Waals surface area (Å²) in [6, 6.07) is 12.2. The SMILES string of the molecule is Cc1cc(-c2cnc3[nH]cc(-c4ccc(C(=O)N(C)C)cc4)c3n2)cc2c1CCN(CCC1=NCCN1)C2. The molecule has 2 N–H and O–H groups in total. The second kappa shape index (κ2) is 10.0. The normalized spacial score (nSPS) is 15.3. The number of amides is 1. The molecule has 1 amide bonds. The van der Waals surface area contributed by atoms with Crippen molar-refractivity contribution in [2.75, 3.05) is 40.3 Å². The smallest absolute Gasteiger partial charge is 0.253 e. The Hall–Kier alpha value is -4.04. The fourth-order valence-electron chi connectivity index (χ4n) is 5.50. The van der Waals surface area contributed by atoms with Gasteiger partial charge in [-0.2, -0.15) is 0 Å². The Morgan fingerprint density at radius 3 is 2.74 bits per heavy atom. The number of rotatable bonds is 6. The van der Waals surface area contributed by atoms with Gasteiger partial charge in [-0.05, 0) is 59.9 Å². The number of H-pyrrole nitrogens is 1. The number of carbonyl (C=O) groups is 1. The summed E-state index contributed by atoms with van der Waals surface area (Å²) in [5, 5.41) is 3.38. The summed E-state index contributed by atoms with van der Waals surface area (Å²) < 4.78 is 0. The molecule has 2 aliphatic rings. The maximum atomic E-state index is 12.3. The Bertz CT molecular complexity index is 1530. The van der Waals surface area contributed by atoms with Crippen LogP contribution in [0.25, 0.3) is 33.5 Å². The average Bonchev–Trinajstić information content (AvgIpc) is 3.61. The third-order valence-electron chi connectivity index (χ3n) is 7.57. The van der Waals surface area contributed by atoms with Crippen molar-refractivity contribution in [3.63, 3.8) is 0 Å². The first-order valence-electron chi connectivity index (χ1n) is 13.2. The monoisotopic (exact) mass is 507 g/mol. The van der Waals surface area contributed by atoms with Crippen LogP contribution < -0.4 is 5.32 Å². The van der Waals surface area contributed by atoms with Crippen LogP contribution in [-0.4, -0.2) is 76.8 Å². The number of carbonyl (C=O) groups excluding carboxylic acids is 1. The molecular formula is C30H33N7O. The highest BCUT2D eigenvalue weighted by atomic mass is 16.2. The van der Waals surface area contributed by atoms with Gasteiger partial charge in [0.05, 0.1) is 24.3 Å². The van der Waals surface area contributed by atoms with E-state index < -0.39 is 0 Å². The number of nitrogens with zero attached hydrogens (tertiary/aromatic N) is 5. The molecule has 0 spiro atoms. The van der Waals surface area contributed by atoms with Gasteiger partial charge < -0.3 is 15.2 Å². The number of fused-ring (bicyclic) bond motifs is 2. The number of aliphatic imine (C=N–C) groups is 1. The number of hydrogen-bond acceptors (Lipinski definition) is 6. The molecule has 8 heteroatoms. The fraction of sp³-hybridized carbons (Fsp3) is 0.333. The van der Waals surface area contributed by atoms with E-state index in [0.29, 0.717) is 5.56 Å². The van der Waals surface area contributed by atoms with E-state index >= 15 is 0 Å². The maximum Gasteiger partial charge on any atom is 0.253 e. The van der Waals surface area contributed by atoms with Crippen molar-refractivity contribution in [2.45, 2.75) is 26.3 Å². The summed E-state index contributed by atoms with van der Waals surface area (Å²) in [7, 11) is 3.52. The third kappa shape index (κ3) is 4.67.